The van der Waals surface area contributed by atoms with Gasteiger partial charge in [0.05, 0.1) is 0 Å². The number of hydrogen-bond donors (Lipinski definition) is 2. The zero-order chi connectivity index (χ0) is 15.3. The van der Waals surface area contributed by atoms with Crippen LogP contribution in [0.4, 0.5) is 4.79 Å². The Hall–Kier alpha value is -0.970. The van der Waals surface area contributed by atoms with Gasteiger partial charge in [-0.15, -0.1) is 11.3 Å². The average Bonchev–Trinajstić information content (AvgIpc) is 2.95. The van der Waals surface area contributed by atoms with Crippen LogP contribution in [0.5, 0.6) is 0 Å². The Morgan fingerprint density at radius 2 is 2.14 bits per heavy atom. The van der Waals surface area contributed by atoms with Gasteiger partial charge < -0.3 is 5.32 Å². The molecule has 0 saturated carbocycles. The van der Waals surface area contributed by atoms with Gasteiger partial charge in [0.1, 0.15) is 9.75 Å². The molecule has 3 amide bonds. The lowest BCUT2D eigenvalue weighted by Gasteiger charge is -2.36. The van der Waals surface area contributed by atoms with Crippen LogP contribution < -0.4 is 10.6 Å². The highest BCUT2D eigenvalue weighted by Gasteiger charge is 2.51. The number of nitrogens with one attached hydrogen (secondary N) is 2. The van der Waals surface area contributed by atoms with Crippen molar-refractivity contribution < 1.29 is 18.0 Å². The molecule has 2 aliphatic rings. The number of amides is 3. The molecule has 1 aromatic heterocycles. The molecule has 1 atom stereocenters. The van der Waals surface area contributed by atoms with Gasteiger partial charge >= 0.3 is 6.03 Å². The first-order valence-corrected chi connectivity index (χ1v) is 9.33. The van der Waals surface area contributed by atoms with E-state index in [9.17, 15) is 18.0 Å². The predicted octanol–water partition coefficient (Wildman–Crippen LogP) is 0.873. The van der Waals surface area contributed by atoms with Crippen molar-refractivity contribution in [1.29, 1.82) is 0 Å². The van der Waals surface area contributed by atoms with Gasteiger partial charge in [0.15, 0.2) is 0 Å². The van der Waals surface area contributed by atoms with E-state index in [2.05, 4.69) is 26.6 Å². The molecular weight excluding hydrogens is 382 g/mol. The lowest BCUT2D eigenvalue weighted by atomic mass is 9.90. The summed E-state index contributed by atoms with van der Waals surface area (Å²) < 4.78 is 27.3. The smallest absolute Gasteiger partial charge is 0.322 e. The minimum atomic E-state index is -3.68. The van der Waals surface area contributed by atoms with Crippen molar-refractivity contribution in [2.45, 2.75) is 22.6 Å². The molecular formula is C11H12BrN3O4S2. The van der Waals surface area contributed by atoms with Gasteiger partial charge in [0, 0.05) is 17.6 Å². The molecule has 7 nitrogen and oxygen atoms in total. The van der Waals surface area contributed by atoms with E-state index in [0.717, 1.165) is 11.3 Å². The van der Waals surface area contributed by atoms with Crippen LogP contribution in [0.15, 0.2) is 20.1 Å². The van der Waals surface area contributed by atoms with Crippen LogP contribution in [0.1, 0.15) is 12.8 Å². The van der Waals surface area contributed by atoms with Crippen molar-refractivity contribution in [2.24, 2.45) is 0 Å². The van der Waals surface area contributed by atoms with E-state index in [1.54, 1.807) is 11.4 Å². The highest BCUT2D eigenvalue weighted by molar-refractivity contribution is 9.10. The zero-order valence-corrected chi connectivity index (χ0v) is 14.0. The first-order chi connectivity index (χ1) is 9.85. The highest BCUT2D eigenvalue weighted by Crippen LogP contribution is 2.34. The fourth-order valence-corrected chi connectivity index (χ4v) is 6.61. The van der Waals surface area contributed by atoms with Gasteiger partial charge in [-0.2, -0.15) is 4.31 Å². The fourth-order valence-electron chi connectivity index (χ4n) is 2.62. The molecule has 2 aliphatic heterocycles. The van der Waals surface area contributed by atoms with E-state index in [0.29, 0.717) is 23.9 Å². The first-order valence-electron chi connectivity index (χ1n) is 6.22. The standard InChI is InChI=1S/C11H12BrN3O4S2/c12-7-2-5-20-8(7)21(18,19)15-4-1-3-11(6-15)9(16)13-10(17)14-11/h2,5H,1,3-4,6H2,(H2,13,14,16,17). The molecule has 2 saturated heterocycles. The van der Waals surface area contributed by atoms with Crippen molar-refractivity contribution in [2.75, 3.05) is 13.1 Å². The van der Waals surface area contributed by atoms with E-state index in [4.69, 9.17) is 0 Å². The van der Waals surface area contributed by atoms with Crippen molar-refractivity contribution in [3.05, 3.63) is 15.9 Å². The fraction of sp³-hybridized carbons (Fsp3) is 0.455. The Balaban J connectivity index is 1.92. The van der Waals surface area contributed by atoms with Crippen LogP contribution in [0, 0.1) is 0 Å². The topological polar surface area (TPSA) is 95.6 Å². The summed E-state index contributed by atoms with van der Waals surface area (Å²) in [4.78, 5) is 23.3. The number of hydrogen-bond acceptors (Lipinski definition) is 5. The molecule has 2 fully saturated rings. The van der Waals surface area contributed by atoms with Crippen molar-refractivity contribution in [3.63, 3.8) is 0 Å². The third-order valence-corrected chi connectivity index (χ3v) is 8.12. The van der Waals surface area contributed by atoms with E-state index >= 15 is 0 Å². The maximum absolute atomic E-state index is 12.7. The Morgan fingerprint density at radius 1 is 1.38 bits per heavy atom. The van der Waals surface area contributed by atoms with Crippen LogP contribution in [0.3, 0.4) is 0 Å². The van der Waals surface area contributed by atoms with E-state index < -0.39 is 27.5 Å². The summed E-state index contributed by atoms with van der Waals surface area (Å²) in [6, 6.07) is 1.10. The van der Waals surface area contributed by atoms with Crippen molar-refractivity contribution in [3.8, 4) is 0 Å². The van der Waals surface area contributed by atoms with Crippen molar-refractivity contribution >= 4 is 49.2 Å². The average molecular weight is 394 g/mol. The summed E-state index contributed by atoms with van der Waals surface area (Å²) >= 11 is 4.34. The van der Waals surface area contributed by atoms with Crippen LogP contribution in [0.25, 0.3) is 0 Å². The molecule has 0 radical (unpaired) electrons. The molecule has 0 bridgehead atoms. The SMILES string of the molecule is O=C1NC(=O)C2(CCCN(S(=O)(=O)c3sccc3Br)C2)N1. The number of carbonyl (C=O) groups is 2. The summed E-state index contributed by atoms with van der Waals surface area (Å²) in [5, 5.41) is 6.43. The molecule has 1 unspecified atom stereocenters. The van der Waals surface area contributed by atoms with Gasteiger partial charge in [-0.3, -0.25) is 10.1 Å². The monoisotopic (exact) mass is 393 g/mol. The van der Waals surface area contributed by atoms with Gasteiger partial charge in [-0.25, -0.2) is 13.2 Å². The molecule has 0 aliphatic carbocycles. The molecule has 21 heavy (non-hydrogen) atoms. The van der Waals surface area contributed by atoms with Gasteiger partial charge in [-0.1, -0.05) is 0 Å². The molecule has 114 valence electrons. The Bertz CT molecular complexity index is 717. The third kappa shape index (κ3) is 2.39. The largest absolute Gasteiger partial charge is 0.322 e. The molecule has 0 aromatic carbocycles. The number of urea groups is 1. The number of rotatable bonds is 2. The second kappa shape index (κ2) is 5.04. The van der Waals surface area contributed by atoms with Crippen LogP contribution in [0.2, 0.25) is 0 Å². The number of halogens is 1. The summed E-state index contributed by atoms with van der Waals surface area (Å²) in [7, 11) is -3.68. The van der Waals surface area contributed by atoms with E-state index in [-0.39, 0.29) is 10.8 Å². The third-order valence-electron chi connectivity index (χ3n) is 3.63. The predicted molar refractivity (Wildman–Crippen MR) is 79.4 cm³/mol. The zero-order valence-electron chi connectivity index (χ0n) is 10.8. The minimum Gasteiger partial charge on any atom is -0.322 e. The number of piperidine rings is 1. The van der Waals surface area contributed by atoms with Gasteiger partial charge in [0.25, 0.3) is 15.9 Å². The number of sulfonamides is 1. The first kappa shape index (κ1) is 14.9. The lowest BCUT2D eigenvalue weighted by molar-refractivity contribution is -0.125. The number of thiophene rings is 1. The number of imide groups is 1. The lowest BCUT2D eigenvalue weighted by Crippen LogP contribution is -2.59. The summed E-state index contributed by atoms with van der Waals surface area (Å²) in [5.41, 5.74) is -1.15. The van der Waals surface area contributed by atoms with Crippen LogP contribution >= 0.6 is 27.3 Å². The maximum atomic E-state index is 12.7. The Labute approximate surface area is 133 Å². The maximum Gasteiger partial charge on any atom is 0.322 e. The molecule has 1 spiro atoms. The summed E-state index contributed by atoms with van der Waals surface area (Å²) in [6.45, 7) is 0.287. The Morgan fingerprint density at radius 3 is 2.71 bits per heavy atom. The quantitative estimate of drug-likeness (QED) is 0.728. The normalized spacial score (nSPS) is 26.9. The van der Waals surface area contributed by atoms with Crippen LogP contribution in [-0.4, -0.2) is 43.3 Å². The van der Waals surface area contributed by atoms with E-state index in [1.807, 2.05) is 0 Å². The molecule has 1 aromatic rings. The van der Waals surface area contributed by atoms with E-state index in [1.165, 1.54) is 4.31 Å². The molecule has 10 heteroatoms. The second-order valence-corrected chi connectivity index (χ2v) is 8.89. The Kier molecular flexibility index (Phi) is 3.59. The molecule has 2 N–H and O–H groups in total. The second-order valence-electron chi connectivity index (χ2n) is 4.99. The summed E-state index contributed by atoms with van der Waals surface area (Å²) in [5.74, 6) is -0.461. The van der Waals surface area contributed by atoms with Gasteiger partial charge in [0.2, 0.25) is 0 Å². The van der Waals surface area contributed by atoms with Crippen LogP contribution in [-0.2, 0) is 14.8 Å². The number of carbonyl (C=O) groups excluding carboxylic acids is 2. The highest BCUT2D eigenvalue weighted by atomic mass is 79.9. The number of nitrogens with zero attached hydrogens (tertiary/aromatic N) is 1. The van der Waals surface area contributed by atoms with Gasteiger partial charge in [-0.05, 0) is 40.2 Å². The summed E-state index contributed by atoms with van der Waals surface area (Å²) in [6.07, 6.45) is 0.943. The minimum absolute atomic E-state index is 0.0444. The van der Waals surface area contributed by atoms with Crippen molar-refractivity contribution in [1.82, 2.24) is 14.9 Å². The molecule has 3 heterocycles. The molecule has 3 rings (SSSR count).